The number of ether oxygens (including phenoxy) is 1. The molecule has 1 heterocycles. The highest BCUT2D eigenvalue weighted by molar-refractivity contribution is 5.78. The molecule has 1 saturated heterocycles. The molecule has 2 N–H and O–H groups in total. The topological polar surface area (TPSA) is 61.8 Å². The summed E-state index contributed by atoms with van der Waals surface area (Å²) < 4.78 is 5.29. The summed E-state index contributed by atoms with van der Waals surface area (Å²) in [6, 6.07) is 7.98. The minimum Gasteiger partial charge on any atom is -0.496 e. The molecule has 5 nitrogen and oxygen atoms in total. The standard InChI is InChI=1S/C16H24N2O3/c1-21-15-7-3-2-5-13(15)8-9-17-16(20)11-18-10-4-6-14(18)12-19/h2-3,5,7,14,19H,4,6,8-12H2,1H3,(H,17,20). The number of nitrogens with one attached hydrogen (secondary N) is 1. The molecule has 116 valence electrons. The number of hydrogen-bond donors (Lipinski definition) is 2. The maximum atomic E-state index is 11.9. The van der Waals surface area contributed by atoms with Gasteiger partial charge in [0.2, 0.25) is 5.91 Å². The molecule has 1 aliphatic heterocycles. The monoisotopic (exact) mass is 292 g/mol. The van der Waals surface area contributed by atoms with E-state index in [0.29, 0.717) is 13.1 Å². The van der Waals surface area contributed by atoms with E-state index < -0.39 is 0 Å². The van der Waals surface area contributed by atoms with Gasteiger partial charge in [0.05, 0.1) is 20.3 Å². The molecule has 5 heteroatoms. The number of amides is 1. The van der Waals surface area contributed by atoms with Crippen molar-refractivity contribution >= 4 is 5.91 Å². The fourth-order valence-corrected chi connectivity index (χ4v) is 2.80. The fourth-order valence-electron chi connectivity index (χ4n) is 2.80. The van der Waals surface area contributed by atoms with Gasteiger partial charge in [-0.1, -0.05) is 18.2 Å². The highest BCUT2D eigenvalue weighted by Crippen LogP contribution is 2.17. The number of para-hydroxylation sites is 1. The number of carbonyl (C=O) groups is 1. The van der Waals surface area contributed by atoms with Crippen molar-refractivity contribution in [1.82, 2.24) is 10.2 Å². The smallest absolute Gasteiger partial charge is 0.234 e. The molecule has 1 aromatic carbocycles. The Morgan fingerprint density at radius 2 is 2.29 bits per heavy atom. The third-order valence-corrected chi connectivity index (χ3v) is 3.97. The Balaban J connectivity index is 1.74. The summed E-state index contributed by atoms with van der Waals surface area (Å²) in [4.78, 5) is 14.0. The summed E-state index contributed by atoms with van der Waals surface area (Å²) in [5.74, 6) is 0.872. The van der Waals surface area contributed by atoms with Gasteiger partial charge in [-0.05, 0) is 37.4 Å². The van der Waals surface area contributed by atoms with E-state index in [1.807, 2.05) is 24.3 Å². The molecule has 2 rings (SSSR count). The Morgan fingerprint density at radius 1 is 1.48 bits per heavy atom. The van der Waals surface area contributed by atoms with Crippen molar-refractivity contribution in [3.8, 4) is 5.75 Å². The second-order valence-electron chi connectivity index (χ2n) is 5.36. The predicted molar refractivity (Wildman–Crippen MR) is 81.4 cm³/mol. The van der Waals surface area contributed by atoms with Gasteiger partial charge in [0.15, 0.2) is 0 Å². The minimum atomic E-state index is 0.0187. The van der Waals surface area contributed by atoms with E-state index in [4.69, 9.17) is 4.74 Å². The summed E-state index contributed by atoms with van der Waals surface area (Å²) in [5, 5.41) is 12.2. The van der Waals surface area contributed by atoms with E-state index in [0.717, 1.165) is 37.1 Å². The van der Waals surface area contributed by atoms with E-state index in [-0.39, 0.29) is 18.6 Å². The Bertz CT molecular complexity index is 465. The molecule has 1 unspecified atom stereocenters. The highest BCUT2D eigenvalue weighted by Gasteiger charge is 2.25. The van der Waals surface area contributed by atoms with Crippen LogP contribution in [0, 0.1) is 0 Å². The maximum absolute atomic E-state index is 11.9. The Kier molecular flexibility index (Phi) is 6.02. The van der Waals surface area contributed by atoms with Gasteiger partial charge in [-0.15, -0.1) is 0 Å². The molecule has 0 radical (unpaired) electrons. The van der Waals surface area contributed by atoms with Gasteiger partial charge in [0, 0.05) is 12.6 Å². The van der Waals surface area contributed by atoms with Crippen molar-refractivity contribution in [2.75, 3.05) is 33.4 Å². The lowest BCUT2D eigenvalue weighted by Gasteiger charge is -2.21. The van der Waals surface area contributed by atoms with Gasteiger partial charge in [-0.3, -0.25) is 9.69 Å². The molecule has 0 aliphatic carbocycles. The summed E-state index contributed by atoms with van der Waals surface area (Å²) >= 11 is 0. The zero-order valence-electron chi connectivity index (χ0n) is 12.5. The van der Waals surface area contributed by atoms with Crippen LogP contribution in [0.1, 0.15) is 18.4 Å². The summed E-state index contributed by atoms with van der Waals surface area (Å²) in [7, 11) is 1.65. The largest absolute Gasteiger partial charge is 0.496 e. The van der Waals surface area contributed by atoms with Crippen LogP contribution in [-0.4, -0.2) is 55.3 Å². The van der Waals surface area contributed by atoms with Crippen LogP contribution in [0.3, 0.4) is 0 Å². The van der Waals surface area contributed by atoms with E-state index in [9.17, 15) is 9.90 Å². The second-order valence-corrected chi connectivity index (χ2v) is 5.36. The van der Waals surface area contributed by atoms with Crippen LogP contribution in [0.15, 0.2) is 24.3 Å². The quantitative estimate of drug-likeness (QED) is 0.781. The lowest BCUT2D eigenvalue weighted by molar-refractivity contribution is -0.122. The number of rotatable bonds is 7. The molecular formula is C16H24N2O3. The summed E-state index contributed by atoms with van der Waals surface area (Å²) in [6.07, 6.45) is 2.78. The third kappa shape index (κ3) is 4.44. The normalized spacial score (nSPS) is 18.7. The number of carbonyl (C=O) groups excluding carboxylic acids is 1. The zero-order chi connectivity index (χ0) is 15.1. The van der Waals surface area contributed by atoms with Crippen molar-refractivity contribution in [3.63, 3.8) is 0 Å². The Morgan fingerprint density at radius 3 is 3.05 bits per heavy atom. The van der Waals surface area contributed by atoms with Crippen LogP contribution >= 0.6 is 0 Å². The van der Waals surface area contributed by atoms with Gasteiger partial charge in [0.1, 0.15) is 5.75 Å². The number of nitrogens with zero attached hydrogens (tertiary/aromatic N) is 1. The average Bonchev–Trinajstić information content (AvgIpc) is 2.94. The highest BCUT2D eigenvalue weighted by atomic mass is 16.5. The van der Waals surface area contributed by atoms with Crippen LogP contribution in [0.4, 0.5) is 0 Å². The van der Waals surface area contributed by atoms with Crippen LogP contribution in [0.25, 0.3) is 0 Å². The second kappa shape index (κ2) is 8.00. The van der Waals surface area contributed by atoms with Crippen molar-refractivity contribution in [2.24, 2.45) is 0 Å². The first kappa shape index (κ1) is 15.8. The SMILES string of the molecule is COc1ccccc1CCNC(=O)CN1CCCC1CO. The van der Waals surface area contributed by atoms with E-state index in [1.54, 1.807) is 7.11 Å². The van der Waals surface area contributed by atoms with Crippen LogP contribution in [0.2, 0.25) is 0 Å². The van der Waals surface area contributed by atoms with E-state index >= 15 is 0 Å². The minimum absolute atomic E-state index is 0.0187. The van der Waals surface area contributed by atoms with E-state index in [1.165, 1.54) is 0 Å². The molecule has 1 fully saturated rings. The molecular weight excluding hydrogens is 268 g/mol. The van der Waals surface area contributed by atoms with Gasteiger partial charge in [-0.2, -0.15) is 0 Å². The molecule has 1 amide bonds. The van der Waals surface area contributed by atoms with Crippen LogP contribution in [0.5, 0.6) is 5.75 Å². The van der Waals surface area contributed by atoms with Crippen molar-refractivity contribution in [2.45, 2.75) is 25.3 Å². The lowest BCUT2D eigenvalue weighted by atomic mass is 10.1. The van der Waals surface area contributed by atoms with Crippen molar-refractivity contribution in [1.29, 1.82) is 0 Å². The van der Waals surface area contributed by atoms with Crippen LogP contribution < -0.4 is 10.1 Å². The third-order valence-electron chi connectivity index (χ3n) is 3.97. The number of aliphatic hydroxyl groups excluding tert-OH is 1. The molecule has 0 aromatic heterocycles. The number of aliphatic hydroxyl groups is 1. The average molecular weight is 292 g/mol. The van der Waals surface area contributed by atoms with Crippen LogP contribution in [-0.2, 0) is 11.2 Å². The molecule has 1 aliphatic rings. The Hall–Kier alpha value is -1.59. The van der Waals surface area contributed by atoms with Gasteiger partial charge < -0.3 is 15.2 Å². The first-order chi connectivity index (χ1) is 10.2. The number of hydrogen-bond acceptors (Lipinski definition) is 4. The zero-order valence-corrected chi connectivity index (χ0v) is 12.5. The lowest BCUT2D eigenvalue weighted by Crippen LogP contribution is -2.41. The molecule has 1 aromatic rings. The number of methoxy groups -OCH3 is 1. The van der Waals surface area contributed by atoms with Crippen molar-refractivity contribution in [3.05, 3.63) is 29.8 Å². The Labute approximate surface area is 125 Å². The first-order valence-corrected chi connectivity index (χ1v) is 7.48. The molecule has 0 bridgehead atoms. The van der Waals surface area contributed by atoms with Gasteiger partial charge in [-0.25, -0.2) is 0 Å². The summed E-state index contributed by atoms with van der Waals surface area (Å²) in [6.45, 7) is 1.99. The first-order valence-electron chi connectivity index (χ1n) is 7.48. The van der Waals surface area contributed by atoms with E-state index in [2.05, 4.69) is 10.2 Å². The fraction of sp³-hybridized carbons (Fsp3) is 0.562. The molecule has 0 spiro atoms. The number of benzene rings is 1. The van der Waals surface area contributed by atoms with Gasteiger partial charge >= 0.3 is 0 Å². The number of likely N-dealkylation sites (tertiary alicyclic amines) is 1. The predicted octanol–water partition coefficient (Wildman–Crippen LogP) is 0.811. The molecule has 1 atom stereocenters. The molecule has 0 saturated carbocycles. The maximum Gasteiger partial charge on any atom is 0.234 e. The van der Waals surface area contributed by atoms with Gasteiger partial charge in [0.25, 0.3) is 0 Å². The molecule has 21 heavy (non-hydrogen) atoms. The van der Waals surface area contributed by atoms with Crippen molar-refractivity contribution < 1.29 is 14.6 Å². The summed E-state index contributed by atoms with van der Waals surface area (Å²) in [5.41, 5.74) is 1.09.